The summed E-state index contributed by atoms with van der Waals surface area (Å²) < 4.78 is 61.3. The van der Waals surface area contributed by atoms with Gasteiger partial charge in [-0.2, -0.15) is 18.4 Å². The lowest BCUT2D eigenvalue weighted by atomic mass is 10.0. The molecule has 0 fully saturated rings. The minimum absolute atomic E-state index is 0.0385. The highest BCUT2D eigenvalue weighted by atomic mass is 32.2. The van der Waals surface area contributed by atoms with E-state index in [1.165, 1.54) is 12.1 Å². The average Bonchev–Trinajstić information content (AvgIpc) is 2.78. The molecule has 0 spiro atoms. The van der Waals surface area contributed by atoms with E-state index < -0.39 is 23.1 Å². The molecule has 0 bridgehead atoms. The zero-order chi connectivity index (χ0) is 24.9. The molecule has 0 unspecified atom stereocenters. The number of halogens is 4. The predicted octanol–water partition coefficient (Wildman–Crippen LogP) is 7.80. The molecule has 0 aliphatic carbocycles. The SMILES string of the molecule is Cc1cc(-c2cc(C(F)(F)F)c(C#N)c(SCc3ccccc3F)n2)ccc1OCCC(C)C. The molecule has 0 amide bonds. The average molecular weight is 489 g/mol. The number of thioether (sulfide) groups is 1. The fourth-order valence-electron chi connectivity index (χ4n) is 3.24. The summed E-state index contributed by atoms with van der Waals surface area (Å²) in [6.45, 7) is 6.55. The third-order valence-electron chi connectivity index (χ3n) is 5.15. The van der Waals surface area contributed by atoms with Crippen molar-refractivity contribution in [2.24, 2.45) is 5.92 Å². The van der Waals surface area contributed by atoms with Crippen molar-refractivity contribution in [3.8, 4) is 23.1 Å². The first-order valence-electron chi connectivity index (χ1n) is 10.7. The van der Waals surface area contributed by atoms with Crippen LogP contribution in [0.2, 0.25) is 0 Å². The van der Waals surface area contributed by atoms with Gasteiger partial charge in [-0.25, -0.2) is 9.37 Å². The van der Waals surface area contributed by atoms with Crippen LogP contribution < -0.4 is 4.74 Å². The standard InChI is InChI=1S/C26H24F4N2OS/c1-16(2)10-11-33-24-9-8-18(12-17(24)3)23-13-21(26(28,29)30)20(14-31)25(32-23)34-15-19-6-4-5-7-22(19)27/h4-9,12-13,16H,10-11,15H2,1-3H3. The summed E-state index contributed by atoms with van der Waals surface area (Å²) >= 11 is 0.901. The van der Waals surface area contributed by atoms with Crippen molar-refractivity contribution < 1.29 is 22.3 Å². The number of nitrogens with zero attached hydrogens (tertiary/aromatic N) is 2. The van der Waals surface area contributed by atoms with Crippen LogP contribution in [-0.4, -0.2) is 11.6 Å². The van der Waals surface area contributed by atoms with E-state index in [1.807, 2.05) is 6.92 Å². The van der Waals surface area contributed by atoms with E-state index in [4.69, 9.17) is 4.74 Å². The maximum absolute atomic E-state index is 14.0. The third kappa shape index (κ3) is 6.29. The van der Waals surface area contributed by atoms with Crippen LogP contribution in [0.15, 0.2) is 53.6 Å². The Bertz CT molecular complexity index is 1200. The van der Waals surface area contributed by atoms with Crippen LogP contribution in [0.1, 0.15) is 42.5 Å². The Hall–Kier alpha value is -3.05. The van der Waals surface area contributed by atoms with Crippen LogP contribution in [0.4, 0.5) is 17.6 Å². The molecule has 3 rings (SSSR count). The molecule has 2 aromatic carbocycles. The van der Waals surface area contributed by atoms with E-state index >= 15 is 0 Å². The molecular formula is C26H24F4N2OS. The predicted molar refractivity (Wildman–Crippen MR) is 125 cm³/mol. The van der Waals surface area contributed by atoms with Crippen LogP contribution >= 0.6 is 11.8 Å². The number of alkyl halides is 3. The van der Waals surface area contributed by atoms with E-state index in [0.717, 1.165) is 29.8 Å². The number of pyridine rings is 1. The molecule has 178 valence electrons. The second-order valence-corrected chi connectivity index (χ2v) is 9.20. The monoisotopic (exact) mass is 488 g/mol. The van der Waals surface area contributed by atoms with Gasteiger partial charge in [0.2, 0.25) is 0 Å². The zero-order valence-corrected chi connectivity index (χ0v) is 19.9. The summed E-state index contributed by atoms with van der Waals surface area (Å²) in [6.07, 6.45) is -3.86. The molecule has 0 aliphatic rings. The highest BCUT2D eigenvalue weighted by Gasteiger charge is 2.36. The lowest BCUT2D eigenvalue weighted by Crippen LogP contribution is -2.10. The fourth-order valence-corrected chi connectivity index (χ4v) is 4.23. The molecule has 8 heteroatoms. The fraction of sp³-hybridized carbons (Fsp3) is 0.308. The normalized spacial score (nSPS) is 11.5. The van der Waals surface area contributed by atoms with E-state index in [-0.39, 0.29) is 16.5 Å². The molecular weight excluding hydrogens is 464 g/mol. The van der Waals surface area contributed by atoms with Crippen molar-refractivity contribution in [2.75, 3.05) is 6.61 Å². The Morgan fingerprint density at radius 3 is 2.47 bits per heavy atom. The summed E-state index contributed by atoms with van der Waals surface area (Å²) in [7, 11) is 0. The maximum atomic E-state index is 14.0. The largest absolute Gasteiger partial charge is 0.493 e. The first kappa shape index (κ1) is 25.6. The summed E-state index contributed by atoms with van der Waals surface area (Å²) in [5, 5.41) is 9.39. The first-order chi connectivity index (χ1) is 16.1. The van der Waals surface area contributed by atoms with Gasteiger partial charge in [-0.15, -0.1) is 11.8 Å². The molecule has 1 aromatic heterocycles. The molecule has 0 radical (unpaired) electrons. The Morgan fingerprint density at radius 1 is 1.12 bits per heavy atom. The Morgan fingerprint density at radius 2 is 1.85 bits per heavy atom. The first-order valence-corrected chi connectivity index (χ1v) is 11.7. The van der Waals surface area contributed by atoms with Gasteiger partial charge < -0.3 is 4.74 Å². The van der Waals surface area contributed by atoms with Gasteiger partial charge in [0.05, 0.1) is 23.4 Å². The molecule has 0 N–H and O–H groups in total. The number of aromatic nitrogens is 1. The highest BCUT2D eigenvalue weighted by molar-refractivity contribution is 7.98. The molecule has 0 aliphatic heterocycles. The molecule has 0 saturated heterocycles. The van der Waals surface area contributed by atoms with Crippen LogP contribution in [0.3, 0.4) is 0 Å². The molecule has 0 atom stereocenters. The van der Waals surface area contributed by atoms with Gasteiger partial charge in [-0.1, -0.05) is 32.0 Å². The van der Waals surface area contributed by atoms with Gasteiger partial charge in [-0.3, -0.25) is 0 Å². The molecule has 34 heavy (non-hydrogen) atoms. The van der Waals surface area contributed by atoms with Crippen molar-refractivity contribution in [3.63, 3.8) is 0 Å². The Kier molecular flexibility index (Phi) is 8.21. The third-order valence-corrected chi connectivity index (χ3v) is 6.17. The minimum atomic E-state index is -4.75. The molecule has 3 aromatic rings. The van der Waals surface area contributed by atoms with Gasteiger partial charge in [-0.05, 0) is 60.7 Å². The number of aryl methyl sites for hydroxylation is 1. The summed E-state index contributed by atoms with van der Waals surface area (Å²) in [5.41, 5.74) is 0.00181. The van der Waals surface area contributed by atoms with E-state index in [0.29, 0.717) is 29.4 Å². The zero-order valence-electron chi connectivity index (χ0n) is 19.0. The van der Waals surface area contributed by atoms with Gasteiger partial charge in [0.25, 0.3) is 0 Å². The lowest BCUT2D eigenvalue weighted by Gasteiger charge is -2.15. The molecule has 3 nitrogen and oxygen atoms in total. The second kappa shape index (κ2) is 10.9. The maximum Gasteiger partial charge on any atom is 0.417 e. The minimum Gasteiger partial charge on any atom is -0.493 e. The molecule has 0 saturated carbocycles. The summed E-state index contributed by atoms with van der Waals surface area (Å²) in [6, 6.07) is 13.6. The summed E-state index contributed by atoms with van der Waals surface area (Å²) in [5.74, 6) is 0.715. The molecule has 1 heterocycles. The van der Waals surface area contributed by atoms with Crippen molar-refractivity contribution in [3.05, 3.63) is 76.6 Å². The van der Waals surface area contributed by atoms with Crippen molar-refractivity contribution in [1.82, 2.24) is 4.98 Å². The number of benzene rings is 2. The van der Waals surface area contributed by atoms with E-state index in [2.05, 4.69) is 18.8 Å². The quantitative estimate of drug-likeness (QED) is 0.240. The Balaban J connectivity index is 1.99. The van der Waals surface area contributed by atoms with E-state index in [9.17, 15) is 22.8 Å². The van der Waals surface area contributed by atoms with Crippen molar-refractivity contribution >= 4 is 11.8 Å². The van der Waals surface area contributed by atoms with Crippen LogP contribution in [0.5, 0.6) is 5.75 Å². The van der Waals surface area contributed by atoms with Gasteiger partial charge in [0.15, 0.2) is 0 Å². The topological polar surface area (TPSA) is 45.9 Å². The number of rotatable bonds is 8. The van der Waals surface area contributed by atoms with Crippen molar-refractivity contribution in [2.45, 2.75) is 44.1 Å². The van der Waals surface area contributed by atoms with Crippen molar-refractivity contribution in [1.29, 1.82) is 5.26 Å². The summed E-state index contributed by atoms with van der Waals surface area (Å²) in [4.78, 5) is 4.37. The van der Waals surface area contributed by atoms with Crippen LogP contribution in [0, 0.1) is 30.0 Å². The number of ether oxygens (including phenoxy) is 1. The van der Waals surface area contributed by atoms with Gasteiger partial charge in [0.1, 0.15) is 22.7 Å². The van der Waals surface area contributed by atoms with Crippen LogP contribution in [0.25, 0.3) is 11.3 Å². The highest BCUT2D eigenvalue weighted by Crippen LogP contribution is 2.39. The number of nitriles is 1. The van der Waals surface area contributed by atoms with Gasteiger partial charge in [0, 0.05) is 11.3 Å². The van der Waals surface area contributed by atoms with Crippen LogP contribution in [-0.2, 0) is 11.9 Å². The van der Waals surface area contributed by atoms with E-state index in [1.54, 1.807) is 36.4 Å². The lowest BCUT2D eigenvalue weighted by molar-refractivity contribution is -0.138. The second-order valence-electron chi connectivity index (χ2n) is 8.24. The van der Waals surface area contributed by atoms with Gasteiger partial charge >= 0.3 is 6.18 Å². The Labute approximate surface area is 200 Å². The number of hydrogen-bond acceptors (Lipinski definition) is 4. The number of hydrogen-bond donors (Lipinski definition) is 0. The smallest absolute Gasteiger partial charge is 0.417 e.